The van der Waals surface area contributed by atoms with E-state index in [1.54, 1.807) is 0 Å². The maximum absolute atomic E-state index is 12.7. The molecule has 0 amide bonds. The van der Waals surface area contributed by atoms with Gasteiger partial charge in [0.25, 0.3) is 0 Å². The molecule has 1 aliphatic rings. The quantitative estimate of drug-likeness (QED) is 0.607. The first-order valence-electron chi connectivity index (χ1n) is 9.32. The van der Waals surface area contributed by atoms with Gasteiger partial charge in [-0.05, 0) is 73.9 Å². The van der Waals surface area contributed by atoms with Crippen LogP contribution in [0, 0.1) is 0 Å². The maximum Gasteiger partial charge on any atom is 0.416 e. The van der Waals surface area contributed by atoms with E-state index in [1.807, 2.05) is 31.2 Å². The van der Waals surface area contributed by atoms with Crippen molar-refractivity contribution in [3.8, 4) is 5.75 Å². The van der Waals surface area contributed by atoms with Crippen molar-refractivity contribution in [1.29, 1.82) is 0 Å². The molecule has 150 valence electrons. The summed E-state index contributed by atoms with van der Waals surface area (Å²) in [5.41, 5.74) is 0.690. The Morgan fingerprint density at radius 3 is 2.18 bits per heavy atom. The molecule has 0 saturated heterocycles. The Morgan fingerprint density at radius 1 is 1.04 bits per heavy atom. The number of anilines is 1. The number of ether oxygens (including phenoxy) is 1. The minimum absolute atomic E-state index is 0.277. The van der Waals surface area contributed by atoms with Gasteiger partial charge in [-0.2, -0.15) is 13.2 Å². The Bertz CT molecular complexity index is 798. The molecule has 7 heteroatoms. The monoisotopic (exact) mass is 408 g/mol. The van der Waals surface area contributed by atoms with E-state index < -0.39 is 11.7 Å². The van der Waals surface area contributed by atoms with Gasteiger partial charge in [-0.3, -0.25) is 0 Å². The highest BCUT2D eigenvalue weighted by molar-refractivity contribution is 7.80. The fraction of sp³-hybridized carbons (Fsp3) is 0.381. The minimum Gasteiger partial charge on any atom is -0.494 e. The second-order valence-corrected chi connectivity index (χ2v) is 7.31. The average molecular weight is 408 g/mol. The number of benzene rings is 2. The van der Waals surface area contributed by atoms with Crippen molar-refractivity contribution in [3.63, 3.8) is 0 Å². The van der Waals surface area contributed by atoms with Crippen LogP contribution in [0.4, 0.5) is 18.9 Å². The van der Waals surface area contributed by atoms with Crippen LogP contribution in [0.1, 0.15) is 43.7 Å². The van der Waals surface area contributed by atoms with E-state index in [0.717, 1.165) is 49.1 Å². The Labute approximate surface area is 168 Å². The summed E-state index contributed by atoms with van der Waals surface area (Å²) in [7, 11) is 0. The number of rotatable bonds is 5. The highest BCUT2D eigenvalue weighted by atomic mass is 32.1. The van der Waals surface area contributed by atoms with Gasteiger partial charge in [-0.25, -0.2) is 0 Å². The van der Waals surface area contributed by atoms with Crippen LogP contribution in [-0.4, -0.2) is 11.7 Å². The van der Waals surface area contributed by atoms with Crippen LogP contribution in [0.25, 0.3) is 0 Å². The molecule has 28 heavy (non-hydrogen) atoms. The van der Waals surface area contributed by atoms with Crippen LogP contribution in [0.3, 0.4) is 0 Å². The largest absolute Gasteiger partial charge is 0.494 e. The van der Waals surface area contributed by atoms with Crippen molar-refractivity contribution < 1.29 is 17.9 Å². The molecule has 0 atom stereocenters. The van der Waals surface area contributed by atoms with Crippen LogP contribution < -0.4 is 15.4 Å². The van der Waals surface area contributed by atoms with Gasteiger partial charge in [0.1, 0.15) is 5.75 Å². The molecule has 0 heterocycles. The van der Waals surface area contributed by atoms with Crippen LogP contribution in [-0.2, 0) is 11.7 Å². The third kappa shape index (κ3) is 4.76. The molecule has 0 aromatic heterocycles. The molecule has 0 aliphatic heterocycles. The molecule has 1 aliphatic carbocycles. The summed E-state index contributed by atoms with van der Waals surface area (Å²) in [5.74, 6) is 0.824. The van der Waals surface area contributed by atoms with Crippen molar-refractivity contribution >= 4 is 23.0 Å². The predicted octanol–water partition coefficient (Wildman–Crippen LogP) is 5.86. The molecule has 3 nitrogen and oxygen atoms in total. The van der Waals surface area contributed by atoms with Gasteiger partial charge in [-0.1, -0.05) is 25.0 Å². The number of hydrogen-bond acceptors (Lipinski definition) is 2. The highest BCUT2D eigenvalue weighted by Gasteiger charge is 2.36. The number of thiocarbonyl (C=S) groups is 1. The van der Waals surface area contributed by atoms with Gasteiger partial charge < -0.3 is 15.4 Å². The molecule has 2 N–H and O–H groups in total. The Kier molecular flexibility index (Phi) is 6.13. The van der Waals surface area contributed by atoms with Gasteiger partial charge in [0.05, 0.1) is 17.7 Å². The number of hydrogen-bond donors (Lipinski definition) is 2. The Balaban J connectivity index is 1.71. The van der Waals surface area contributed by atoms with Crippen molar-refractivity contribution in [2.75, 3.05) is 11.9 Å². The van der Waals surface area contributed by atoms with E-state index in [4.69, 9.17) is 17.0 Å². The maximum atomic E-state index is 12.7. The molecule has 2 aromatic carbocycles. The van der Waals surface area contributed by atoms with Gasteiger partial charge >= 0.3 is 6.18 Å². The van der Waals surface area contributed by atoms with Crippen LogP contribution in [0.2, 0.25) is 0 Å². The van der Waals surface area contributed by atoms with Crippen LogP contribution in [0.5, 0.6) is 5.75 Å². The molecule has 1 saturated carbocycles. The molecular weight excluding hydrogens is 385 g/mol. The Hall–Kier alpha value is -2.28. The number of alkyl halides is 3. The lowest BCUT2D eigenvalue weighted by Gasteiger charge is -2.32. The fourth-order valence-corrected chi connectivity index (χ4v) is 3.94. The second-order valence-electron chi connectivity index (χ2n) is 6.90. The van der Waals surface area contributed by atoms with E-state index in [1.165, 1.54) is 12.1 Å². The zero-order chi connectivity index (χ0) is 20.2. The molecule has 0 radical (unpaired) electrons. The zero-order valence-corrected chi connectivity index (χ0v) is 16.4. The smallest absolute Gasteiger partial charge is 0.416 e. The third-order valence-corrected chi connectivity index (χ3v) is 5.20. The normalized spacial score (nSPS) is 15.9. The standard InChI is InChI=1S/C21H23F3N2OS/c1-2-27-18-11-7-15(8-12-18)20(13-3-4-14-20)26-19(28)25-17-9-5-16(6-10-17)21(22,23)24/h5-12H,2-4,13-14H2,1H3,(H2,25,26,28). The van der Waals surface area contributed by atoms with Crippen LogP contribution in [0.15, 0.2) is 48.5 Å². The number of halogens is 3. The summed E-state index contributed by atoms with van der Waals surface area (Å²) in [4.78, 5) is 0. The van der Waals surface area contributed by atoms with E-state index in [9.17, 15) is 13.2 Å². The third-order valence-electron chi connectivity index (χ3n) is 5.00. The minimum atomic E-state index is -4.35. The van der Waals surface area contributed by atoms with Gasteiger partial charge in [0, 0.05) is 5.69 Å². The number of nitrogens with one attached hydrogen (secondary N) is 2. The molecule has 0 bridgehead atoms. The van der Waals surface area contributed by atoms with E-state index in [2.05, 4.69) is 10.6 Å². The molecule has 1 fully saturated rings. The van der Waals surface area contributed by atoms with E-state index in [-0.39, 0.29) is 5.54 Å². The summed E-state index contributed by atoms with van der Waals surface area (Å²) >= 11 is 5.45. The predicted molar refractivity (Wildman–Crippen MR) is 109 cm³/mol. The van der Waals surface area contributed by atoms with Crippen molar-refractivity contribution in [1.82, 2.24) is 5.32 Å². The SMILES string of the molecule is CCOc1ccc(C2(NC(=S)Nc3ccc(C(F)(F)F)cc3)CCCC2)cc1. The summed E-state index contributed by atoms with van der Waals surface area (Å²) in [5, 5.41) is 6.81. The summed E-state index contributed by atoms with van der Waals surface area (Å²) in [6.07, 6.45) is -0.295. The highest BCUT2D eigenvalue weighted by Crippen LogP contribution is 2.39. The lowest BCUT2D eigenvalue weighted by atomic mass is 9.88. The second kappa shape index (κ2) is 8.39. The first-order chi connectivity index (χ1) is 13.3. The summed E-state index contributed by atoms with van der Waals surface area (Å²) < 4.78 is 43.6. The summed E-state index contributed by atoms with van der Waals surface area (Å²) in [6, 6.07) is 12.9. The molecule has 2 aromatic rings. The Morgan fingerprint density at radius 2 is 1.64 bits per heavy atom. The van der Waals surface area contributed by atoms with E-state index in [0.29, 0.717) is 17.4 Å². The first-order valence-corrected chi connectivity index (χ1v) is 9.73. The van der Waals surface area contributed by atoms with E-state index >= 15 is 0 Å². The zero-order valence-electron chi connectivity index (χ0n) is 15.6. The van der Waals surface area contributed by atoms with Gasteiger partial charge in [0.2, 0.25) is 0 Å². The molecule has 3 rings (SSSR count). The first kappa shape index (κ1) is 20.5. The fourth-order valence-electron chi connectivity index (χ4n) is 3.62. The van der Waals surface area contributed by atoms with Gasteiger partial charge in [0.15, 0.2) is 5.11 Å². The average Bonchev–Trinajstić information content (AvgIpc) is 3.11. The van der Waals surface area contributed by atoms with Gasteiger partial charge in [-0.15, -0.1) is 0 Å². The van der Waals surface area contributed by atoms with Crippen LogP contribution >= 0.6 is 12.2 Å². The molecular formula is C21H23F3N2OS. The molecule has 0 spiro atoms. The molecule has 0 unspecified atom stereocenters. The lowest BCUT2D eigenvalue weighted by Crippen LogP contribution is -2.45. The van der Waals surface area contributed by atoms with Crippen molar-refractivity contribution in [3.05, 3.63) is 59.7 Å². The summed E-state index contributed by atoms with van der Waals surface area (Å²) in [6.45, 7) is 2.56. The topological polar surface area (TPSA) is 33.3 Å². The van der Waals surface area contributed by atoms with Crippen molar-refractivity contribution in [2.24, 2.45) is 0 Å². The lowest BCUT2D eigenvalue weighted by molar-refractivity contribution is -0.137. The van der Waals surface area contributed by atoms with Crippen molar-refractivity contribution in [2.45, 2.75) is 44.3 Å².